The zero-order valence-corrected chi connectivity index (χ0v) is 9.87. The van der Waals surface area contributed by atoms with Crippen LogP contribution in [0.5, 0.6) is 0 Å². The Morgan fingerprint density at radius 3 is 2.67 bits per heavy atom. The van der Waals surface area contributed by atoms with Crippen molar-refractivity contribution in [2.24, 2.45) is 5.73 Å². The Bertz CT molecular complexity index is 198. The van der Waals surface area contributed by atoms with Gasteiger partial charge in [-0.25, -0.2) is 0 Å². The van der Waals surface area contributed by atoms with Crippen molar-refractivity contribution in [2.75, 3.05) is 26.7 Å². The summed E-state index contributed by atoms with van der Waals surface area (Å²) in [4.78, 5) is 2.36. The quantitative estimate of drug-likeness (QED) is 0.765. The van der Waals surface area contributed by atoms with Crippen LogP contribution in [-0.4, -0.2) is 43.3 Å². The molecule has 1 heterocycles. The van der Waals surface area contributed by atoms with Gasteiger partial charge >= 0.3 is 0 Å². The van der Waals surface area contributed by atoms with Crippen LogP contribution in [0, 0.1) is 0 Å². The maximum Gasteiger partial charge on any atom is 0.0701 e. The van der Waals surface area contributed by atoms with Gasteiger partial charge in [0.05, 0.1) is 6.10 Å². The van der Waals surface area contributed by atoms with E-state index in [9.17, 15) is 0 Å². The van der Waals surface area contributed by atoms with Gasteiger partial charge in [-0.05, 0) is 45.6 Å². The van der Waals surface area contributed by atoms with Gasteiger partial charge in [0.1, 0.15) is 0 Å². The molecular weight excluding hydrogens is 188 g/mol. The van der Waals surface area contributed by atoms with E-state index in [0.29, 0.717) is 6.10 Å². The molecule has 3 heteroatoms. The molecule has 0 spiro atoms. The molecule has 1 atom stereocenters. The number of likely N-dealkylation sites (N-methyl/N-ethyl adjacent to an activating group) is 1. The number of nitrogens with two attached hydrogens (primary N) is 1. The Labute approximate surface area is 93.0 Å². The molecule has 0 radical (unpaired) electrons. The van der Waals surface area contributed by atoms with Crippen LogP contribution in [-0.2, 0) is 4.74 Å². The van der Waals surface area contributed by atoms with Crippen molar-refractivity contribution in [1.29, 1.82) is 0 Å². The number of nitrogens with zero attached hydrogens (tertiary/aromatic N) is 1. The summed E-state index contributed by atoms with van der Waals surface area (Å²) in [6, 6.07) is 0. The van der Waals surface area contributed by atoms with E-state index in [1.165, 1.54) is 38.5 Å². The molecule has 2 rings (SSSR count). The number of hydrogen-bond acceptors (Lipinski definition) is 3. The van der Waals surface area contributed by atoms with Crippen molar-refractivity contribution in [3.63, 3.8) is 0 Å². The maximum atomic E-state index is 6.23. The minimum absolute atomic E-state index is 0.115. The average Bonchev–Trinajstić information content (AvgIpc) is 2.16. The molecule has 0 aromatic carbocycles. The molecule has 0 amide bonds. The SMILES string of the molecule is CN(CC1CCCCO1)CC1(N)CCC1. The fourth-order valence-corrected chi connectivity index (χ4v) is 2.69. The van der Waals surface area contributed by atoms with Gasteiger partial charge in [0, 0.05) is 25.2 Å². The molecule has 1 unspecified atom stereocenters. The Hall–Kier alpha value is -0.120. The summed E-state index contributed by atoms with van der Waals surface area (Å²) in [6.45, 7) is 3.04. The van der Waals surface area contributed by atoms with Crippen LogP contribution < -0.4 is 5.73 Å². The summed E-state index contributed by atoms with van der Waals surface area (Å²) in [5.41, 5.74) is 6.34. The highest BCUT2D eigenvalue weighted by Crippen LogP contribution is 2.29. The van der Waals surface area contributed by atoms with Gasteiger partial charge in [-0.15, -0.1) is 0 Å². The fourth-order valence-electron chi connectivity index (χ4n) is 2.69. The highest BCUT2D eigenvalue weighted by molar-refractivity contribution is 4.94. The standard InChI is InChI=1S/C12H24N2O/c1-14(10-12(13)6-4-7-12)9-11-5-2-3-8-15-11/h11H,2-10,13H2,1H3. The molecule has 2 aliphatic rings. The summed E-state index contributed by atoms with van der Waals surface area (Å²) in [5, 5.41) is 0. The minimum Gasteiger partial charge on any atom is -0.377 e. The third-order valence-electron chi connectivity index (χ3n) is 3.72. The van der Waals surface area contributed by atoms with Crippen molar-refractivity contribution in [3.8, 4) is 0 Å². The van der Waals surface area contributed by atoms with Crippen LogP contribution in [0.4, 0.5) is 0 Å². The molecule has 1 aliphatic carbocycles. The Morgan fingerprint density at radius 2 is 2.13 bits per heavy atom. The van der Waals surface area contributed by atoms with E-state index in [0.717, 1.165) is 19.7 Å². The highest BCUT2D eigenvalue weighted by atomic mass is 16.5. The van der Waals surface area contributed by atoms with Crippen molar-refractivity contribution in [2.45, 2.75) is 50.2 Å². The molecule has 15 heavy (non-hydrogen) atoms. The second-order valence-corrected chi connectivity index (χ2v) is 5.40. The van der Waals surface area contributed by atoms with Gasteiger partial charge in [0.2, 0.25) is 0 Å². The van der Waals surface area contributed by atoms with Gasteiger partial charge in [-0.3, -0.25) is 0 Å². The lowest BCUT2D eigenvalue weighted by Gasteiger charge is -2.41. The molecule has 1 saturated heterocycles. The van der Waals surface area contributed by atoms with Crippen LogP contribution in [0.15, 0.2) is 0 Å². The Morgan fingerprint density at radius 1 is 1.33 bits per heavy atom. The molecule has 0 aromatic heterocycles. The van der Waals surface area contributed by atoms with Gasteiger partial charge in [-0.1, -0.05) is 0 Å². The molecule has 2 N–H and O–H groups in total. The predicted molar refractivity (Wildman–Crippen MR) is 61.9 cm³/mol. The number of ether oxygens (including phenoxy) is 1. The summed E-state index contributed by atoms with van der Waals surface area (Å²) in [7, 11) is 2.17. The van der Waals surface area contributed by atoms with Crippen molar-refractivity contribution < 1.29 is 4.74 Å². The van der Waals surface area contributed by atoms with Crippen LogP contribution in [0.2, 0.25) is 0 Å². The van der Waals surface area contributed by atoms with E-state index in [2.05, 4.69) is 11.9 Å². The second kappa shape index (κ2) is 4.81. The van der Waals surface area contributed by atoms with Crippen LogP contribution in [0.3, 0.4) is 0 Å². The molecule has 2 fully saturated rings. The Balaban J connectivity index is 1.69. The normalized spacial score (nSPS) is 30.2. The van der Waals surface area contributed by atoms with Crippen LogP contribution in [0.1, 0.15) is 38.5 Å². The molecule has 3 nitrogen and oxygen atoms in total. The molecule has 1 aliphatic heterocycles. The van der Waals surface area contributed by atoms with E-state index in [1.807, 2.05) is 0 Å². The minimum atomic E-state index is 0.115. The smallest absolute Gasteiger partial charge is 0.0701 e. The summed E-state index contributed by atoms with van der Waals surface area (Å²) < 4.78 is 5.73. The monoisotopic (exact) mass is 212 g/mol. The van der Waals surface area contributed by atoms with Gasteiger partial charge in [0.15, 0.2) is 0 Å². The lowest BCUT2D eigenvalue weighted by Crippen LogP contribution is -2.55. The van der Waals surface area contributed by atoms with E-state index < -0.39 is 0 Å². The number of hydrogen-bond donors (Lipinski definition) is 1. The Kier molecular flexibility index (Phi) is 3.65. The van der Waals surface area contributed by atoms with E-state index >= 15 is 0 Å². The van der Waals surface area contributed by atoms with E-state index in [-0.39, 0.29) is 5.54 Å². The average molecular weight is 212 g/mol. The first-order valence-corrected chi connectivity index (χ1v) is 6.27. The molecule has 0 aromatic rings. The van der Waals surface area contributed by atoms with E-state index in [1.54, 1.807) is 0 Å². The van der Waals surface area contributed by atoms with Crippen molar-refractivity contribution in [1.82, 2.24) is 4.90 Å². The summed E-state index contributed by atoms with van der Waals surface area (Å²) in [5.74, 6) is 0. The van der Waals surface area contributed by atoms with Crippen molar-refractivity contribution >= 4 is 0 Å². The first kappa shape index (κ1) is 11.4. The van der Waals surface area contributed by atoms with Crippen molar-refractivity contribution in [3.05, 3.63) is 0 Å². The fraction of sp³-hybridized carbons (Fsp3) is 1.00. The zero-order valence-electron chi connectivity index (χ0n) is 9.87. The second-order valence-electron chi connectivity index (χ2n) is 5.40. The lowest BCUT2D eigenvalue weighted by molar-refractivity contribution is -0.00688. The third kappa shape index (κ3) is 3.16. The van der Waals surface area contributed by atoms with E-state index in [4.69, 9.17) is 10.5 Å². The third-order valence-corrected chi connectivity index (χ3v) is 3.72. The van der Waals surface area contributed by atoms with Crippen LogP contribution >= 0.6 is 0 Å². The summed E-state index contributed by atoms with van der Waals surface area (Å²) >= 11 is 0. The topological polar surface area (TPSA) is 38.5 Å². The van der Waals surface area contributed by atoms with Gasteiger partial charge < -0.3 is 15.4 Å². The lowest BCUT2D eigenvalue weighted by atomic mass is 9.77. The van der Waals surface area contributed by atoms with Gasteiger partial charge in [0.25, 0.3) is 0 Å². The largest absolute Gasteiger partial charge is 0.377 e. The zero-order chi connectivity index (χ0) is 10.7. The number of rotatable bonds is 4. The molecule has 1 saturated carbocycles. The first-order chi connectivity index (χ1) is 7.18. The highest BCUT2D eigenvalue weighted by Gasteiger charge is 2.33. The molecule has 0 bridgehead atoms. The maximum absolute atomic E-state index is 6.23. The van der Waals surface area contributed by atoms with Crippen LogP contribution in [0.25, 0.3) is 0 Å². The first-order valence-electron chi connectivity index (χ1n) is 6.27. The summed E-state index contributed by atoms with van der Waals surface area (Å²) in [6.07, 6.45) is 7.94. The van der Waals surface area contributed by atoms with Gasteiger partial charge in [-0.2, -0.15) is 0 Å². The predicted octanol–water partition coefficient (Wildman–Crippen LogP) is 1.37. The molecular formula is C12H24N2O. The molecule has 88 valence electrons.